The third-order valence-electron chi connectivity index (χ3n) is 8.89. The third kappa shape index (κ3) is 10.7. The van der Waals surface area contributed by atoms with Crippen LogP contribution in [0.4, 0.5) is 30.8 Å². The van der Waals surface area contributed by atoms with Gasteiger partial charge in [-0.3, -0.25) is 14.4 Å². The fourth-order valence-electron chi connectivity index (χ4n) is 6.11. The van der Waals surface area contributed by atoms with Crippen LogP contribution in [0.3, 0.4) is 0 Å². The van der Waals surface area contributed by atoms with Crippen LogP contribution in [-0.4, -0.2) is 88.0 Å². The van der Waals surface area contributed by atoms with Crippen molar-refractivity contribution in [3.63, 3.8) is 0 Å². The van der Waals surface area contributed by atoms with Gasteiger partial charge in [0.05, 0.1) is 11.6 Å². The van der Waals surface area contributed by atoms with E-state index in [0.29, 0.717) is 53.5 Å². The van der Waals surface area contributed by atoms with E-state index in [4.69, 9.17) is 21.1 Å². The second-order valence-corrected chi connectivity index (χ2v) is 14.4. The summed E-state index contributed by atoms with van der Waals surface area (Å²) in [5.74, 6) is -1.36. The number of ether oxygens (including phenoxy) is 2. The number of aromatic nitrogens is 3. The van der Waals surface area contributed by atoms with Crippen molar-refractivity contribution in [3.8, 4) is 11.8 Å². The third-order valence-corrected chi connectivity index (χ3v) is 9.19. The van der Waals surface area contributed by atoms with Gasteiger partial charge in [-0.2, -0.15) is 28.1 Å². The Labute approximate surface area is 320 Å². The van der Waals surface area contributed by atoms with Gasteiger partial charge in [0, 0.05) is 50.5 Å². The van der Waals surface area contributed by atoms with Gasteiger partial charge in [-0.1, -0.05) is 55.8 Å². The molecule has 6 bridgehead atoms. The number of rotatable bonds is 2. The predicted octanol–water partition coefficient (Wildman–Crippen LogP) is 5.77. The minimum Gasteiger partial charge on any atom is -0.492 e. The number of amides is 3. The maximum absolute atomic E-state index is 13.9. The van der Waals surface area contributed by atoms with Gasteiger partial charge in [0.15, 0.2) is 6.61 Å². The van der Waals surface area contributed by atoms with Crippen molar-refractivity contribution >= 4 is 46.9 Å². The van der Waals surface area contributed by atoms with E-state index in [9.17, 15) is 27.6 Å². The Morgan fingerprint density at radius 1 is 0.927 bits per heavy atom. The minimum atomic E-state index is -4.62. The Morgan fingerprint density at radius 3 is 2.40 bits per heavy atom. The molecule has 55 heavy (non-hydrogen) atoms. The summed E-state index contributed by atoms with van der Waals surface area (Å²) >= 11 is 6.55. The van der Waals surface area contributed by atoms with Crippen LogP contribution < -0.4 is 25.4 Å². The van der Waals surface area contributed by atoms with Gasteiger partial charge in [-0.05, 0) is 71.3 Å². The first-order valence-corrected chi connectivity index (χ1v) is 18.0. The molecule has 13 nitrogen and oxygen atoms in total. The lowest BCUT2D eigenvalue weighted by molar-refractivity contribution is -0.154. The van der Waals surface area contributed by atoms with Gasteiger partial charge >= 0.3 is 24.0 Å². The van der Waals surface area contributed by atoms with Crippen molar-refractivity contribution in [1.29, 1.82) is 0 Å². The average Bonchev–Trinajstić information content (AvgIpc) is 3.16. The number of nitrogens with one attached hydrogen (secondary N) is 3. The number of hydrogen-bond donors (Lipinski definition) is 3. The maximum Gasteiger partial charge on any atom is 0.422 e. The largest absolute Gasteiger partial charge is 0.492 e. The number of fused-ring (bicyclic) bond motifs is 1. The Bertz CT molecular complexity index is 2030. The fourth-order valence-corrected chi connectivity index (χ4v) is 6.37. The Morgan fingerprint density at radius 2 is 1.65 bits per heavy atom. The smallest absolute Gasteiger partial charge is 0.422 e. The van der Waals surface area contributed by atoms with Crippen molar-refractivity contribution in [1.82, 2.24) is 30.1 Å². The minimum absolute atomic E-state index is 0.0677. The topological polar surface area (TPSA) is 151 Å². The molecule has 4 aromatic rings. The molecule has 9 rings (SSSR count). The monoisotopic (exact) mass is 780 g/mol. The van der Waals surface area contributed by atoms with Crippen molar-refractivity contribution < 1.29 is 37.0 Å². The van der Waals surface area contributed by atoms with Gasteiger partial charge in [-0.15, -0.1) is 0 Å². The molecule has 290 valence electrons. The fraction of sp³-hybridized carbons (Fsp3) is 0.368. The Hall–Kier alpha value is -5.64. The van der Waals surface area contributed by atoms with Crippen LogP contribution in [-0.2, 0) is 29.1 Å². The molecule has 5 aliphatic rings. The van der Waals surface area contributed by atoms with Gasteiger partial charge in [0.1, 0.15) is 5.75 Å². The molecular weight excluding hydrogens is 741 g/mol. The SMILES string of the molecule is CC1(C)CNC(=O)c2ccc(cc2)Nc2nc(nc(OCC(F)(F)F)n2)NCc2ccc(c(Cl)c2)OCCCN(C(=O)C(=O)N2CCc3ccccc3C2)C1. The molecule has 6 heterocycles. The van der Waals surface area contributed by atoms with Crippen molar-refractivity contribution in [2.75, 3.05) is 50.0 Å². The van der Waals surface area contributed by atoms with Crippen LogP contribution >= 0.6 is 11.6 Å². The molecule has 0 radical (unpaired) electrons. The lowest BCUT2D eigenvalue weighted by Crippen LogP contribution is -2.51. The number of nitrogens with zero attached hydrogens (tertiary/aromatic N) is 5. The molecular formula is C38H40ClF3N8O5. The van der Waals surface area contributed by atoms with Gasteiger partial charge in [-0.25, -0.2) is 0 Å². The molecule has 0 aliphatic carbocycles. The van der Waals surface area contributed by atoms with Crippen LogP contribution in [0.15, 0.2) is 66.7 Å². The quantitative estimate of drug-likeness (QED) is 0.214. The lowest BCUT2D eigenvalue weighted by atomic mass is 9.92. The standard InChI is InChI=1S/C38H40ClF3N8O5/c1-37(2)21-44-31(51)26-9-11-28(12-10-26)45-35-46-34(47-36(48-35)55-23-38(40,41)42)43-19-24-8-13-30(29(39)18-24)54-17-5-15-50(22-37)33(53)32(52)49-16-14-25-6-3-4-7-27(25)20-49/h3-4,6-13,18H,5,14-17,19-23H2,1-2H3,(H,44,51)(H2,43,45,46,47,48). The zero-order valence-corrected chi connectivity index (χ0v) is 31.0. The molecule has 0 saturated heterocycles. The van der Waals surface area contributed by atoms with E-state index in [2.05, 4.69) is 30.9 Å². The molecule has 0 unspecified atom stereocenters. The zero-order chi connectivity index (χ0) is 39.2. The lowest BCUT2D eigenvalue weighted by Gasteiger charge is -2.35. The van der Waals surface area contributed by atoms with Crippen molar-refractivity contribution in [3.05, 3.63) is 94.0 Å². The van der Waals surface area contributed by atoms with E-state index in [1.54, 1.807) is 47.4 Å². The summed E-state index contributed by atoms with van der Waals surface area (Å²) in [5.41, 5.74) is 2.98. The van der Waals surface area contributed by atoms with E-state index in [0.717, 1.165) is 11.1 Å². The normalized spacial score (nSPS) is 16.4. The summed E-state index contributed by atoms with van der Waals surface area (Å²) < 4.78 is 49.5. The molecule has 3 aromatic carbocycles. The van der Waals surface area contributed by atoms with Gasteiger partial charge < -0.3 is 35.2 Å². The molecule has 0 spiro atoms. The van der Waals surface area contributed by atoms with E-state index in [1.165, 1.54) is 4.90 Å². The highest BCUT2D eigenvalue weighted by molar-refractivity contribution is 6.35. The highest BCUT2D eigenvalue weighted by Gasteiger charge is 2.33. The molecule has 0 fully saturated rings. The molecule has 17 heteroatoms. The highest BCUT2D eigenvalue weighted by Crippen LogP contribution is 2.27. The number of hydrogen-bond acceptors (Lipinski definition) is 10. The molecule has 0 saturated carbocycles. The Balaban J connectivity index is 1.22. The first-order chi connectivity index (χ1) is 26.2. The zero-order valence-electron chi connectivity index (χ0n) is 30.2. The number of benzene rings is 3. The van der Waals surface area contributed by atoms with E-state index in [1.807, 2.05) is 38.1 Å². The van der Waals surface area contributed by atoms with Crippen LogP contribution in [0.25, 0.3) is 0 Å². The number of carbonyl (C=O) groups is 3. The average molecular weight is 781 g/mol. The summed E-state index contributed by atoms with van der Waals surface area (Å²) in [6.07, 6.45) is -3.58. The molecule has 3 N–H and O–H groups in total. The summed E-state index contributed by atoms with van der Waals surface area (Å²) in [6, 6.07) is 18.7. The van der Waals surface area contributed by atoms with Gasteiger partial charge in [0.25, 0.3) is 5.91 Å². The molecule has 3 amide bonds. The van der Waals surface area contributed by atoms with Crippen LogP contribution in [0.1, 0.15) is 47.3 Å². The number of carbonyl (C=O) groups excluding carboxylic acids is 3. The molecule has 0 atom stereocenters. The molecule has 1 aromatic heterocycles. The summed E-state index contributed by atoms with van der Waals surface area (Å²) in [6.45, 7) is 3.86. The van der Waals surface area contributed by atoms with E-state index < -0.39 is 36.0 Å². The van der Waals surface area contributed by atoms with Crippen molar-refractivity contribution in [2.24, 2.45) is 5.41 Å². The van der Waals surface area contributed by atoms with E-state index >= 15 is 0 Å². The second-order valence-electron chi connectivity index (χ2n) is 14.0. The highest BCUT2D eigenvalue weighted by atomic mass is 35.5. The van der Waals surface area contributed by atoms with Crippen LogP contribution in [0.2, 0.25) is 5.02 Å². The number of anilines is 3. The number of halogens is 4. The van der Waals surface area contributed by atoms with Gasteiger partial charge in [0.2, 0.25) is 11.9 Å². The van der Waals surface area contributed by atoms with E-state index in [-0.39, 0.29) is 50.6 Å². The first kappa shape index (κ1) is 39.1. The number of alkyl halides is 3. The summed E-state index contributed by atoms with van der Waals surface area (Å²) in [5, 5.41) is 9.08. The van der Waals surface area contributed by atoms with Crippen LogP contribution in [0, 0.1) is 5.41 Å². The summed E-state index contributed by atoms with van der Waals surface area (Å²) in [7, 11) is 0. The summed E-state index contributed by atoms with van der Waals surface area (Å²) in [4.78, 5) is 56.0. The molecule has 5 aliphatic heterocycles. The van der Waals surface area contributed by atoms with Crippen molar-refractivity contribution in [2.45, 2.75) is 46.0 Å². The second kappa shape index (κ2) is 16.8. The Kier molecular flexibility index (Phi) is 11.9. The maximum atomic E-state index is 13.9. The van der Waals surface area contributed by atoms with Crippen LogP contribution in [0.5, 0.6) is 11.8 Å². The first-order valence-electron chi connectivity index (χ1n) is 17.6. The predicted molar refractivity (Wildman–Crippen MR) is 198 cm³/mol.